The standard InChI is InChI=1S/C13H15BrFNO2/c1-3-18-13(17)9(2)7-16-8-10-6-11(14)4-5-12(10)15/h4-6,16H,2-3,7-8H2,1H3. The van der Waals surface area contributed by atoms with Gasteiger partial charge in [0.15, 0.2) is 0 Å². The van der Waals surface area contributed by atoms with E-state index in [1.807, 2.05) is 0 Å². The molecule has 0 aliphatic heterocycles. The van der Waals surface area contributed by atoms with Crippen LogP contribution in [0.2, 0.25) is 0 Å². The van der Waals surface area contributed by atoms with Gasteiger partial charge in [0.25, 0.3) is 0 Å². The third-order valence-electron chi connectivity index (χ3n) is 2.23. The van der Waals surface area contributed by atoms with Gasteiger partial charge < -0.3 is 10.1 Å². The molecule has 0 radical (unpaired) electrons. The van der Waals surface area contributed by atoms with E-state index in [1.165, 1.54) is 6.07 Å². The van der Waals surface area contributed by atoms with Crippen molar-refractivity contribution in [2.75, 3.05) is 13.2 Å². The topological polar surface area (TPSA) is 38.3 Å². The number of hydrogen-bond acceptors (Lipinski definition) is 3. The normalized spacial score (nSPS) is 10.2. The predicted molar refractivity (Wildman–Crippen MR) is 71.6 cm³/mol. The Balaban J connectivity index is 2.44. The van der Waals surface area contributed by atoms with Gasteiger partial charge in [0.05, 0.1) is 6.61 Å². The highest BCUT2D eigenvalue weighted by atomic mass is 79.9. The summed E-state index contributed by atoms with van der Waals surface area (Å²) in [5.74, 6) is -0.716. The van der Waals surface area contributed by atoms with Crippen molar-refractivity contribution in [1.82, 2.24) is 5.32 Å². The van der Waals surface area contributed by atoms with E-state index in [0.29, 0.717) is 24.3 Å². The number of nitrogens with one attached hydrogen (secondary N) is 1. The van der Waals surface area contributed by atoms with Crippen LogP contribution in [0.5, 0.6) is 0 Å². The molecule has 0 saturated carbocycles. The van der Waals surface area contributed by atoms with Crippen molar-refractivity contribution in [3.05, 3.63) is 46.2 Å². The molecule has 1 N–H and O–H groups in total. The Morgan fingerprint density at radius 1 is 1.56 bits per heavy atom. The van der Waals surface area contributed by atoms with Crippen LogP contribution in [0.15, 0.2) is 34.8 Å². The van der Waals surface area contributed by atoms with Gasteiger partial charge in [-0.1, -0.05) is 22.5 Å². The van der Waals surface area contributed by atoms with Crippen molar-refractivity contribution in [3.8, 4) is 0 Å². The van der Waals surface area contributed by atoms with E-state index in [9.17, 15) is 9.18 Å². The first-order chi connectivity index (χ1) is 8.54. The molecule has 1 aromatic rings. The first kappa shape index (κ1) is 14.9. The second kappa shape index (κ2) is 7.28. The number of ether oxygens (including phenoxy) is 1. The lowest BCUT2D eigenvalue weighted by Crippen LogP contribution is -2.22. The Hall–Kier alpha value is -1.20. The van der Waals surface area contributed by atoms with Crippen LogP contribution < -0.4 is 5.32 Å². The van der Waals surface area contributed by atoms with Crippen LogP contribution in [0.1, 0.15) is 12.5 Å². The van der Waals surface area contributed by atoms with Crippen LogP contribution in [0.4, 0.5) is 4.39 Å². The number of benzene rings is 1. The van der Waals surface area contributed by atoms with E-state index < -0.39 is 5.97 Å². The van der Waals surface area contributed by atoms with E-state index in [2.05, 4.69) is 27.8 Å². The molecule has 0 fully saturated rings. The SMILES string of the molecule is C=C(CNCc1cc(Br)ccc1F)C(=O)OCC. The number of esters is 1. The fraction of sp³-hybridized carbons (Fsp3) is 0.308. The summed E-state index contributed by atoms with van der Waals surface area (Å²) < 4.78 is 19.0. The van der Waals surface area contributed by atoms with Crippen LogP contribution in [-0.4, -0.2) is 19.1 Å². The van der Waals surface area contributed by atoms with Crippen molar-refractivity contribution < 1.29 is 13.9 Å². The molecular weight excluding hydrogens is 301 g/mol. The lowest BCUT2D eigenvalue weighted by molar-refractivity contribution is -0.138. The highest BCUT2D eigenvalue weighted by Crippen LogP contribution is 2.15. The molecule has 0 aromatic heterocycles. The van der Waals surface area contributed by atoms with Crippen molar-refractivity contribution >= 4 is 21.9 Å². The van der Waals surface area contributed by atoms with Crippen molar-refractivity contribution in [1.29, 1.82) is 0 Å². The molecule has 0 amide bonds. The summed E-state index contributed by atoms with van der Waals surface area (Å²) in [5.41, 5.74) is 0.855. The lowest BCUT2D eigenvalue weighted by Gasteiger charge is -2.08. The fourth-order valence-corrected chi connectivity index (χ4v) is 1.74. The molecule has 18 heavy (non-hydrogen) atoms. The lowest BCUT2D eigenvalue weighted by atomic mass is 10.2. The maximum atomic E-state index is 13.4. The molecule has 1 rings (SSSR count). The average molecular weight is 316 g/mol. The zero-order chi connectivity index (χ0) is 13.5. The molecule has 0 saturated heterocycles. The molecule has 1 aromatic carbocycles. The van der Waals surface area contributed by atoms with Gasteiger partial charge in [-0.05, 0) is 25.1 Å². The van der Waals surface area contributed by atoms with E-state index in [0.717, 1.165) is 4.47 Å². The molecule has 0 spiro atoms. The second-order valence-corrected chi connectivity index (χ2v) is 4.58. The largest absolute Gasteiger partial charge is 0.463 e. The maximum Gasteiger partial charge on any atom is 0.334 e. The zero-order valence-electron chi connectivity index (χ0n) is 10.1. The Bertz CT molecular complexity index is 449. The van der Waals surface area contributed by atoms with Crippen LogP contribution >= 0.6 is 15.9 Å². The zero-order valence-corrected chi connectivity index (χ0v) is 11.7. The number of hydrogen-bond donors (Lipinski definition) is 1. The summed E-state index contributed by atoms with van der Waals surface area (Å²) in [6, 6.07) is 4.72. The summed E-state index contributed by atoms with van der Waals surface area (Å²) in [6.45, 7) is 6.25. The summed E-state index contributed by atoms with van der Waals surface area (Å²) in [5, 5.41) is 2.95. The Morgan fingerprint density at radius 3 is 2.94 bits per heavy atom. The first-order valence-electron chi connectivity index (χ1n) is 5.54. The van der Waals surface area contributed by atoms with E-state index >= 15 is 0 Å². The molecular formula is C13H15BrFNO2. The Labute approximate surface area is 114 Å². The summed E-state index contributed by atoms with van der Waals surface area (Å²) in [6.07, 6.45) is 0. The van der Waals surface area contributed by atoms with E-state index in [1.54, 1.807) is 19.1 Å². The van der Waals surface area contributed by atoms with E-state index in [4.69, 9.17) is 4.74 Å². The van der Waals surface area contributed by atoms with Crippen LogP contribution in [-0.2, 0) is 16.1 Å². The summed E-state index contributed by atoms with van der Waals surface area (Å²) in [4.78, 5) is 11.3. The Kier molecular flexibility index (Phi) is 6.01. The Morgan fingerprint density at radius 2 is 2.28 bits per heavy atom. The highest BCUT2D eigenvalue weighted by Gasteiger charge is 2.08. The summed E-state index contributed by atoms with van der Waals surface area (Å²) in [7, 11) is 0. The minimum atomic E-state index is -0.431. The molecule has 98 valence electrons. The molecule has 3 nitrogen and oxygen atoms in total. The number of halogens is 2. The van der Waals surface area contributed by atoms with Crippen molar-refractivity contribution in [2.24, 2.45) is 0 Å². The van der Waals surface area contributed by atoms with Gasteiger partial charge in [0.2, 0.25) is 0 Å². The highest BCUT2D eigenvalue weighted by molar-refractivity contribution is 9.10. The predicted octanol–water partition coefficient (Wildman–Crippen LogP) is 2.80. The smallest absolute Gasteiger partial charge is 0.334 e. The summed E-state index contributed by atoms with van der Waals surface area (Å²) >= 11 is 3.27. The molecule has 5 heteroatoms. The van der Waals surface area contributed by atoms with Gasteiger partial charge in [-0.3, -0.25) is 0 Å². The van der Waals surface area contributed by atoms with Crippen LogP contribution in [0.25, 0.3) is 0 Å². The molecule has 0 aliphatic carbocycles. The van der Waals surface area contributed by atoms with Gasteiger partial charge >= 0.3 is 5.97 Å². The molecule has 0 aliphatic rings. The van der Waals surface area contributed by atoms with Crippen molar-refractivity contribution in [3.63, 3.8) is 0 Å². The van der Waals surface area contributed by atoms with Gasteiger partial charge in [0.1, 0.15) is 5.82 Å². The molecule has 0 unspecified atom stereocenters. The van der Waals surface area contributed by atoms with Gasteiger partial charge in [0, 0.05) is 28.7 Å². The van der Waals surface area contributed by atoms with Gasteiger partial charge in [-0.15, -0.1) is 0 Å². The third kappa shape index (κ3) is 4.58. The van der Waals surface area contributed by atoms with Crippen LogP contribution in [0.3, 0.4) is 0 Å². The molecule has 0 atom stereocenters. The maximum absolute atomic E-state index is 13.4. The van der Waals surface area contributed by atoms with E-state index in [-0.39, 0.29) is 12.4 Å². The minimum absolute atomic E-state index is 0.269. The first-order valence-corrected chi connectivity index (χ1v) is 6.33. The number of rotatable bonds is 6. The average Bonchev–Trinajstić information content (AvgIpc) is 2.33. The monoisotopic (exact) mass is 315 g/mol. The second-order valence-electron chi connectivity index (χ2n) is 3.66. The molecule has 0 bridgehead atoms. The number of carbonyl (C=O) groups excluding carboxylic acids is 1. The van der Waals surface area contributed by atoms with Gasteiger partial charge in [-0.2, -0.15) is 0 Å². The fourth-order valence-electron chi connectivity index (χ4n) is 1.33. The quantitative estimate of drug-likeness (QED) is 0.648. The number of carbonyl (C=O) groups is 1. The van der Waals surface area contributed by atoms with Crippen molar-refractivity contribution in [2.45, 2.75) is 13.5 Å². The molecule has 0 heterocycles. The third-order valence-corrected chi connectivity index (χ3v) is 2.72. The minimum Gasteiger partial charge on any atom is -0.463 e. The van der Waals surface area contributed by atoms with Crippen LogP contribution in [0, 0.1) is 5.82 Å². The van der Waals surface area contributed by atoms with Gasteiger partial charge in [-0.25, -0.2) is 9.18 Å².